The molecule has 2 saturated heterocycles. The number of hydrogen-bond donors (Lipinski definition) is 0. The van der Waals surface area contributed by atoms with E-state index in [9.17, 15) is 19.2 Å². The Balaban J connectivity index is 1.60. The van der Waals surface area contributed by atoms with E-state index >= 15 is 0 Å². The van der Waals surface area contributed by atoms with Crippen LogP contribution in [-0.2, 0) is 42.9 Å². The number of rotatable bonds is 6. The minimum atomic E-state index is -0.980. The Kier molecular flexibility index (Phi) is 7.58. The molecule has 0 aromatic carbocycles. The zero-order chi connectivity index (χ0) is 33.8. The zero-order valence-electron chi connectivity index (χ0n) is 28.8. The third-order valence-electron chi connectivity index (χ3n) is 12.9. The Morgan fingerprint density at radius 1 is 0.826 bits per heavy atom. The van der Waals surface area contributed by atoms with Crippen molar-refractivity contribution < 1.29 is 47.3 Å². The fourth-order valence-corrected chi connectivity index (χ4v) is 10.9. The Labute approximate surface area is 271 Å². The lowest BCUT2D eigenvalue weighted by Gasteiger charge is -2.68. The Morgan fingerprint density at radius 2 is 1.41 bits per heavy atom. The van der Waals surface area contributed by atoms with Crippen LogP contribution in [0.15, 0.2) is 23.0 Å². The first-order valence-corrected chi connectivity index (χ1v) is 16.9. The van der Waals surface area contributed by atoms with Crippen LogP contribution in [0.2, 0.25) is 0 Å². The maximum Gasteiger partial charge on any atom is 0.310 e. The standard InChI is InChI=1S/C36H50O10/c1-18(2)30(39)43-26-15-24-33(8)23(32(6,7)46-29(38)16-25(33)42-20(5)37)14-27(44-31(40)19(3)4)35(24,10)36-28(45-36)13-22(34(26,36)9)21-11-12-41-17-21/h11-12,17-19,22-28H,13-16H2,1-10H3/t22-,23-,24-,25-,26-,27-,28-,33+,34+,35+,36-/m0/s1. The van der Waals surface area contributed by atoms with Crippen LogP contribution in [0.4, 0.5) is 0 Å². The lowest BCUT2D eigenvalue weighted by atomic mass is 9.37. The van der Waals surface area contributed by atoms with Crippen molar-refractivity contribution in [3.8, 4) is 0 Å². The van der Waals surface area contributed by atoms with Gasteiger partial charge in [0.1, 0.15) is 29.5 Å². The van der Waals surface area contributed by atoms with E-state index in [1.165, 1.54) is 6.92 Å². The van der Waals surface area contributed by atoms with Crippen molar-refractivity contribution >= 4 is 23.9 Å². The van der Waals surface area contributed by atoms with Gasteiger partial charge >= 0.3 is 23.9 Å². The summed E-state index contributed by atoms with van der Waals surface area (Å²) in [7, 11) is 0. The molecule has 5 fully saturated rings. The minimum absolute atomic E-state index is 0.0560. The molecule has 3 saturated carbocycles. The average Bonchev–Trinajstić information content (AvgIpc) is 3.32. The van der Waals surface area contributed by atoms with E-state index in [-0.39, 0.29) is 54.1 Å². The molecule has 3 aliphatic carbocycles. The van der Waals surface area contributed by atoms with Gasteiger partial charge < -0.3 is 28.1 Å². The van der Waals surface area contributed by atoms with Crippen molar-refractivity contribution in [2.24, 2.45) is 39.9 Å². The monoisotopic (exact) mass is 642 g/mol. The summed E-state index contributed by atoms with van der Waals surface area (Å²) in [6.45, 7) is 18.8. The van der Waals surface area contributed by atoms with Gasteiger partial charge in [0.15, 0.2) is 0 Å². The molecule has 10 heteroatoms. The number of ether oxygens (including phenoxy) is 5. The summed E-state index contributed by atoms with van der Waals surface area (Å²) in [5, 5.41) is 0. The van der Waals surface area contributed by atoms with E-state index in [2.05, 4.69) is 20.8 Å². The molecule has 5 aliphatic rings. The molecule has 3 heterocycles. The lowest BCUT2D eigenvalue weighted by Crippen LogP contribution is -2.74. The molecule has 0 radical (unpaired) electrons. The number of fused-ring (bicyclic) bond motifs is 3. The maximum absolute atomic E-state index is 13.5. The molecular formula is C36H50O10. The molecule has 10 nitrogen and oxygen atoms in total. The molecule has 254 valence electrons. The summed E-state index contributed by atoms with van der Waals surface area (Å²) < 4.78 is 37.7. The van der Waals surface area contributed by atoms with E-state index in [0.29, 0.717) is 19.3 Å². The van der Waals surface area contributed by atoms with E-state index < -0.39 is 57.7 Å². The average molecular weight is 643 g/mol. The van der Waals surface area contributed by atoms with Crippen LogP contribution in [0.25, 0.3) is 0 Å². The third-order valence-corrected chi connectivity index (χ3v) is 12.9. The molecule has 0 amide bonds. The van der Waals surface area contributed by atoms with Gasteiger partial charge in [-0.2, -0.15) is 0 Å². The van der Waals surface area contributed by atoms with Gasteiger partial charge in [0.2, 0.25) is 0 Å². The van der Waals surface area contributed by atoms with Gasteiger partial charge in [-0.1, -0.05) is 48.5 Å². The van der Waals surface area contributed by atoms with Crippen molar-refractivity contribution in [3.63, 3.8) is 0 Å². The SMILES string of the molecule is CC(=O)O[C@H]1CC(=O)OC(C)(C)[C@@H]2C[C@H](OC(=O)C(C)C)[C@@]3(C)[C@@H](C[C@H](OC(=O)C(C)C)[C@@]4(C)[C@H](c5ccoc5)C[C@@H]5O[C@@]543)[C@]12C. The first kappa shape index (κ1) is 33.0. The second-order valence-corrected chi connectivity index (χ2v) is 16.2. The lowest BCUT2D eigenvalue weighted by molar-refractivity contribution is -0.285. The summed E-state index contributed by atoms with van der Waals surface area (Å²) in [5.41, 5.74) is -3.21. The Hall–Kier alpha value is -2.88. The summed E-state index contributed by atoms with van der Waals surface area (Å²) in [6, 6.07) is 1.96. The fraction of sp³-hybridized carbons (Fsp3) is 0.778. The van der Waals surface area contributed by atoms with Crippen LogP contribution in [0.5, 0.6) is 0 Å². The van der Waals surface area contributed by atoms with Gasteiger partial charge in [-0.05, 0) is 50.7 Å². The smallest absolute Gasteiger partial charge is 0.310 e. The number of carbonyl (C=O) groups is 4. The highest BCUT2D eigenvalue weighted by atomic mass is 16.6. The predicted octanol–water partition coefficient (Wildman–Crippen LogP) is 5.76. The Morgan fingerprint density at radius 3 is 1.96 bits per heavy atom. The second kappa shape index (κ2) is 10.6. The van der Waals surface area contributed by atoms with Crippen molar-refractivity contribution in [2.75, 3.05) is 0 Å². The number of carbonyl (C=O) groups excluding carboxylic acids is 4. The van der Waals surface area contributed by atoms with E-state index in [4.69, 9.17) is 28.1 Å². The van der Waals surface area contributed by atoms with Crippen LogP contribution < -0.4 is 0 Å². The molecule has 0 N–H and O–H groups in total. The normalized spacial score (nSPS) is 43.7. The molecule has 1 aromatic rings. The van der Waals surface area contributed by atoms with Crippen LogP contribution in [0.3, 0.4) is 0 Å². The largest absolute Gasteiger partial charge is 0.472 e. The van der Waals surface area contributed by atoms with Gasteiger partial charge in [-0.25, -0.2) is 0 Å². The van der Waals surface area contributed by atoms with E-state index in [0.717, 1.165) is 5.56 Å². The van der Waals surface area contributed by atoms with E-state index in [1.807, 2.05) is 47.6 Å². The van der Waals surface area contributed by atoms with Crippen LogP contribution in [0, 0.1) is 39.9 Å². The van der Waals surface area contributed by atoms with Gasteiger partial charge in [-0.15, -0.1) is 0 Å². The van der Waals surface area contributed by atoms with Crippen molar-refractivity contribution in [1.29, 1.82) is 0 Å². The first-order valence-electron chi connectivity index (χ1n) is 16.9. The van der Waals surface area contributed by atoms with Crippen LogP contribution in [-0.4, -0.2) is 59.5 Å². The van der Waals surface area contributed by atoms with E-state index in [1.54, 1.807) is 12.5 Å². The molecule has 1 spiro atoms. The highest BCUT2D eigenvalue weighted by Crippen LogP contribution is 2.82. The molecule has 11 atom stereocenters. The Bertz CT molecular complexity index is 1410. The number of epoxide rings is 1. The predicted molar refractivity (Wildman–Crippen MR) is 164 cm³/mol. The molecule has 1 aromatic heterocycles. The molecule has 0 bridgehead atoms. The van der Waals surface area contributed by atoms with Gasteiger partial charge in [0, 0.05) is 35.0 Å². The molecule has 46 heavy (non-hydrogen) atoms. The van der Waals surface area contributed by atoms with Crippen LogP contribution >= 0.6 is 0 Å². The van der Waals surface area contributed by atoms with Gasteiger partial charge in [-0.3, -0.25) is 19.2 Å². The number of hydrogen-bond acceptors (Lipinski definition) is 10. The molecule has 6 rings (SSSR count). The maximum atomic E-state index is 13.5. The van der Waals surface area contributed by atoms with Crippen molar-refractivity contribution in [2.45, 2.75) is 136 Å². The molecule has 0 unspecified atom stereocenters. The number of cyclic esters (lactones) is 1. The first-order chi connectivity index (χ1) is 21.3. The van der Waals surface area contributed by atoms with Crippen LogP contribution in [0.1, 0.15) is 106 Å². The topological polar surface area (TPSA) is 131 Å². The second-order valence-electron chi connectivity index (χ2n) is 16.2. The molecule has 2 aliphatic heterocycles. The third kappa shape index (κ3) is 4.30. The zero-order valence-corrected chi connectivity index (χ0v) is 28.8. The number of furan rings is 1. The summed E-state index contributed by atoms with van der Waals surface area (Å²) in [6.07, 6.45) is 2.53. The highest BCUT2D eigenvalue weighted by molar-refractivity contribution is 5.74. The van der Waals surface area contributed by atoms with Crippen molar-refractivity contribution in [3.05, 3.63) is 24.2 Å². The molecular weight excluding hydrogens is 592 g/mol. The fourth-order valence-electron chi connectivity index (χ4n) is 10.9. The quantitative estimate of drug-likeness (QED) is 0.215. The highest BCUT2D eigenvalue weighted by Gasteiger charge is 2.90. The van der Waals surface area contributed by atoms with Crippen molar-refractivity contribution in [1.82, 2.24) is 0 Å². The summed E-state index contributed by atoms with van der Waals surface area (Å²) >= 11 is 0. The summed E-state index contributed by atoms with van der Waals surface area (Å²) in [4.78, 5) is 52.9. The van der Waals surface area contributed by atoms with Gasteiger partial charge in [0.05, 0.1) is 36.9 Å². The minimum Gasteiger partial charge on any atom is -0.472 e. The van der Waals surface area contributed by atoms with Gasteiger partial charge in [0.25, 0.3) is 0 Å². The number of esters is 4. The summed E-state index contributed by atoms with van der Waals surface area (Å²) in [5.74, 6) is -3.09.